The van der Waals surface area contributed by atoms with E-state index in [1.807, 2.05) is 30.3 Å². The van der Waals surface area contributed by atoms with Gasteiger partial charge in [0.25, 0.3) is 0 Å². The van der Waals surface area contributed by atoms with Crippen LogP contribution in [0, 0.1) is 0 Å². The van der Waals surface area contributed by atoms with Crippen molar-refractivity contribution in [1.29, 1.82) is 0 Å². The van der Waals surface area contributed by atoms with E-state index >= 15 is 0 Å². The van der Waals surface area contributed by atoms with Crippen LogP contribution in [0.25, 0.3) is 11.4 Å². The zero-order chi connectivity index (χ0) is 20.9. The molecule has 1 aliphatic rings. The molecular weight excluding hydrogens is 384 g/mol. The Balaban J connectivity index is 1.47. The van der Waals surface area contributed by atoms with Gasteiger partial charge in [-0.2, -0.15) is 4.98 Å². The lowest BCUT2D eigenvalue weighted by Crippen LogP contribution is -2.36. The van der Waals surface area contributed by atoms with Crippen molar-refractivity contribution in [3.8, 4) is 22.9 Å². The third kappa shape index (κ3) is 4.33. The molecule has 0 unspecified atom stereocenters. The summed E-state index contributed by atoms with van der Waals surface area (Å²) in [6.07, 6.45) is 1.36. The van der Waals surface area contributed by atoms with E-state index in [1.54, 1.807) is 20.3 Å². The average Bonchev–Trinajstić information content (AvgIpc) is 3.27. The Labute approximate surface area is 175 Å². The Bertz CT molecular complexity index is 983. The first-order chi connectivity index (χ1) is 14.7. The number of hydrogen-bond donors (Lipinski definition) is 2. The van der Waals surface area contributed by atoms with E-state index in [4.69, 9.17) is 14.0 Å². The molecule has 0 radical (unpaired) electrons. The number of hydrogen-bond acceptors (Lipinski definition) is 8. The molecule has 8 heteroatoms. The summed E-state index contributed by atoms with van der Waals surface area (Å²) in [7, 11) is 3.20. The molecule has 0 bridgehead atoms. The third-order valence-electron chi connectivity index (χ3n) is 5.26. The van der Waals surface area contributed by atoms with E-state index in [2.05, 4.69) is 26.4 Å². The largest absolute Gasteiger partial charge is 0.497 e. The highest BCUT2D eigenvalue weighted by Gasteiger charge is 2.20. The van der Waals surface area contributed by atoms with Crippen LogP contribution in [0.4, 0.5) is 11.4 Å². The van der Waals surface area contributed by atoms with Gasteiger partial charge in [-0.05, 0) is 37.1 Å². The molecule has 2 aromatic carbocycles. The van der Waals surface area contributed by atoms with E-state index in [-0.39, 0.29) is 6.10 Å². The normalized spacial score (nSPS) is 14.6. The Morgan fingerprint density at radius 3 is 2.70 bits per heavy atom. The first-order valence-electron chi connectivity index (χ1n) is 9.99. The van der Waals surface area contributed by atoms with Gasteiger partial charge in [0.15, 0.2) is 0 Å². The lowest BCUT2D eigenvalue weighted by molar-refractivity contribution is 0.145. The van der Waals surface area contributed by atoms with Gasteiger partial charge in [0.05, 0.1) is 43.8 Å². The molecule has 1 fully saturated rings. The van der Waals surface area contributed by atoms with Gasteiger partial charge in [0.1, 0.15) is 11.5 Å². The van der Waals surface area contributed by atoms with Gasteiger partial charge >= 0.3 is 0 Å². The minimum absolute atomic E-state index is 0.201. The molecule has 0 atom stereocenters. The van der Waals surface area contributed by atoms with Crippen LogP contribution >= 0.6 is 0 Å². The maximum absolute atomic E-state index is 9.77. The molecule has 0 spiro atoms. The van der Waals surface area contributed by atoms with Gasteiger partial charge in [-0.15, -0.1) is 0 Å². The number of aliphatic hydroxyl groups excluding tert-OH is 1. The number of nitrogens with one attached hydrogen (secondary N) is 1. The monoisotopic (exact) mass is 410 g/mol. The molecule has 1 aromatic heterocycles. The summed E-state index contributed by atoms with van der Waals surface area (Å²) in [5.74, 6) is 2.26. The second-order valence-electron chi connectivity index (χ2n) is 7.17. The molecule has 0 amide bonds. The quantitative estimate of drug-likeness (QED) is 0.613. The molecule has 8 nitrogen and oxygen atoms in total. The molecule has 0 aliphatic carbocycles. The van der Waals surface area contributed by atoms with Crippen LogP contribution in [-0.4, -0.2) is 48.7 Å². The number of anilines is 2. The summed E-state index contributed by atoms with van der Waals surface area (Å²) < 4.78 is 16.1. The van der Waals surface area contributed by atoms with Gasteiger partial charge in [-0.1, -0.05) is 17.3 Å². The van der Waals surface area contributed by atoms with Crippen LogP contribution in [0.2, 0.25) is 0 Å². The second-order valence-corrected chi connectivity index (χ2v) is 7.17. The zero-order valence-electron chi connectivity index (χ0n) is 17.2. The van der Waals surface area contributed by atoms with Crippen LogP contribution < -0.4 is 19.7 Å². The van der Waals surface area contributed by atoms with Crippen LogP contribution in [0.1, 0.15) is 18.7 Å². The fourth-order valence-electron chi connectivity index (χ4n) is 3.60. The first kappa shape index (κ1) is 20.0. The molecule has 0 saturated carbocycles. The summed E-state index contributed by atoms with van der Waals surface area (Å²) in [6, 6.07) is 13.6. The number of aromatic nitrogens is 2. The number of ether oxygens (including phenoxy) is 2. The van der Waals surface area contributed by atoms with Gasteiger partial charge in [-0.3, -0.25) is 0 Å². The minimum atomic E-state index is -0.201. The summed E-state index contributed by atoms with van der Waals surface area (Å²) in [6.45, 7) is 2.07. The standard InChI is InChI=1S/C22H26N4O4/c1-28-16-7-8-17(20(13-16)29-2)22-24-21(30-25-22)14-23-18-5-3-4-6-19(18)26-11-9-15(27)10-12-26/h3-8,13,15,23,27H,9-12,14H2,1-2H3. The molecule has 4 rings (SSSR count). The smallest absolute Gasteiger partial charge is 0.246 e. The van der Waals surface area contributed by atoms with Gasteiger partial charge in [-0.25, -0.2) is 0 Å². The van der Waals surface area contributed by atoms with E-state index in [1.165, 1.54) is 0 Å². The van der Waals surface area contributed by atoms with E-state index in [9.17, 15) is 5.11 Å². The van der Waals surface area contributed by atoms with Crippen molar-refractivity contribution in [2.24, 2.45) is 0 Å². The number of aliphatic hydroxyl groups is 1. The molecule has 2 heterocycles. The van der Waals surface area contributed by atoms with E-state index in [0.29, 0.717) is 29.8 Å². The molecule has 30 heavy (non-hydrogen) atoms. The third-order valence-corrected chi connectivity index (χ3v) is 5.26. The van der Waals surface area contributed by atoms with Crippen molar-refractivity contribution in [2.75, 3.05) is 37.5 Å². The highest BCUT2D eigenvalue weighted by Crippen LogP contribution is 2.32. The summed E-state index contributed by atoms with van der Waals surface area (Å²) >= 11 is 0. The van der Waals surface area contributed by atoms with E-state index < -0.39 is 0 Å². The van der Waals surface area contributed by atoms with Gasteiger partial charge < -0.3 is 29.3 Å². The topological polar surface area (TPSA) is 92.9 Å². The summed E-state index contributed by atoms with van der Waals surface area (Å²) in [5, 5.41) is 17.3. The Morgan fingerprint density at radius 2 is 1.93 bits per heavy atom. The number of nitrogens with zero attached hydrogens (tertiary/aromatic N) is 3. The maximum atomic E-state index is 9.77. The molecule has 2 N–H and O–H groups in total. The van der Waals surface area contributed by atoms with Crippen molar-refractivity contribution < 1.29 is 19.1 Å². The number of benzene rings is 2. The van der Waals surface area contributed by atoms with Crippen molar-refractivity contribution >= 4 is 11.4 Å². The van der Waals surface area contributed by atoms with Crippen LogP contribution in [0.5, 0.6) is 11.5 Å². The molecule has 158 valence electrons. The minimum Gasteiger partial charge on any atom is -0.497 e. The Kier molecular flexibility index (Phi) is 6.04. The predicted molar refractivity (Wildman–Crippen MR) is 114 cm³/mol. The lowest BCUT2D eigenvalue weighted by atomic mass is 10.1. The lowest BCUT2D eigenvalue weighted by Gasteiger charge is -2.32. The zero-order valence-corrected chi connectivity index (χ0v) is 17.2. The average molecular weight is 410 g/mol. The number of methoxy groups -OCH3 is 2. The summed E-state index contributed by atoms with van der Waals surface area (Å²) in [4.78, 5) is 6.79. The predicted octanol–water partition coefficient (Wildman–Crippen LogP) is 3.33. The fourth-order valence-corrected chi connectivity index (χ4v) is 3.60. The highest BCUT2D eigenvalue weighted by molar-refractivity contribution is 5.70. The highest BCUT2D eigenvalue weighted by atomic mass is 16.5. The van der Waals surface area contributed by atoms with Crippen LogP contribution in [0.3, 0.4) is 0 Å². The Morgan fingerprint density at radius 1 is 1.13 bits per heavy atom. The molecular formula is C22H26N4O4. The van der Waals surface area contributed by atoms with Crippen molar-refractivity contribution in [3.05, 3.63) is 48.4 Å². The van der Waals surface area contributed by atoms with Crippen LogP contribution in [-0.2, 0) is 6.54 Å². The van der Waals surface area contributed by atoms with Crippen molar-refractivity contribution in [2.45, 2.75) is 25.5 Å². The fraction of sp³-hybridized carbons (Fsp3) is 0.364. The molecule has 3 aromatic rings. The van der Waals surface area contributed by atoms with E-state index in [0.717, 1.165) is 42.9 Å². The van der Waals surface area contributed by atoms with Crippen LogP contribution in [0.15, 0.2) is 47.0 Å². The van der Waals surface area contributed by atoms with Gasteiger partial charge in [0, 0.05) is 19.2 Å². The number of rotatable bonds is 7. The molecule has 1 aliphatic heterocycles. The first-order valence-corrected chi connectivity index (χ1v) is 9.99. The van der Waals surface area contributed by atoms with Crippen molar-refractivity contribution in [3.63, 3.8) is 0 Å². The molecule has 1 saturated heterocycles. The number of piperidine rings is 1. The van der Waals surface area contributed by atoms with Crippen molar-refractivity contribution in [1.82, 2.24) is 10.1 Å². The number of para-hydroxylation sites is 2. The second kappa shape index (κ2) is 9.04. The summed E-state index contributed by atoms with van der Waals surface area (Å²) in [5.41, 5.74) is 2.84. The SMILES string of the molecule is COc1ccc(-c2noc(CNc3ccccc3N3CCC(O)CC3)n2)c(OC)c1. The Hall–Kier alpha value is -3.26. The van der Waals surface area contributed by atoms with Gasteiger partial charge in [0.2, 0.25) is 11.7 Å². The maximum Gasteiger partial charge on any atom is 0.246 e.